The molecular formula is C14H18N2O6. The van der Waals surface area contributed by atoms with Crippen LogP contribution in [-0.2, 0) is 9.59 Å². The van der Waals surface area contributed by atoms with Crippen LogP contribution in [0.5, 0.6) is 5.75 Å². The van der Waals surface area contributed by atoms with Crippen molar-refractivity contribution in [1.29, 1.82) is 0 Å². The summed E-state index contributed by atoms with van der Waals surface area (Å²) in [6.45, 7) is 0.215. The summed E-state index contributed by atoms with van der Waals surface area (Å²) in [6, 6.07) is 5.60. The van der Waals surface area contributed by atoms with Gasteiger partial charge in [-0.15, -0.1) is 0 Å². The average molecular weight is 310 g/mol. The second-order valence-corrected chi connectivity index (χ2v) is 4.60. The molecule has 0 atom stereocenters. The summed E-state index contributed by atoms with van der Waals surface area (Å²) in [5, 5.41) is 21.7. The molecule has 0 saturated carbocycles. The molecule has 0 aromatic heterocycles. The lowest BCUT2D eigenvalue weighted by molar-refractivity contribution is -0.384. The van der Waals surface area contributed by atoms with Crippen LogP contribution in [0.3, 0.4) is 0 Å². The molecule has 1 amide bonds. The van der Waals surface area contributed by atoms with Gasteiger partial charge in [-0.05, 0) is 18.9 Å². The number of amides is 1. The van der Waals surface area contributed by atoms with Crippen LogP contribution in [0.15, 0.2) is 24.3 Å². The van der Waals surface area contributed by atoms with Crippen molar-refractivity contribution in [3.05, 3.63) is 34.4 Å². The Kier molecular flexibility index (Phi) is 7.38. The first kappa shape index (κ1) is 17.4. The minimum atomic E-state index is -0.825. The van der Waals surface area contributed by atoms with Gasteiger partial charge in [-0.2, -0.15) is 0 Å². The first-order valence-corrected chi connectivity index (χ1v) is 6.85. The molecule has 0 spiro atoms. The standard InChI is InChI=1S/C14H18N2O6/c17-13(15-8-3-1-2-7-14(18)19)10-22-12-6-4-5-11(9-12)16(20)21/h4-6,9H,1-3,7-8,10H2,(H,15,17)(H,18,19). The van der Waals surface area contributed by atoms with Gasteiger partial charge in [-0.3, -0.25) is 19.7 Å². The van der Waals surface area contributed by atoms with E-state index in [1.54, 1.807) is 0 Å². The van der Waals surface area contributed by atoms with Crippen molar-refractivity contribution in [3.8, 4) is 5.75 Å². The number of aliphatic carboxylic acids is 1. The normalized spacial score (nSPS) is 10.0. The Morgan fingerprint density at radius 1 is 1.27 bits per heavy atom. The molecule has 0 bridgehead atoms. The van der Waals surface area contributed by atoms with E-state index in [9.17, 15) is 19.7 Å². The van der Waals surface area contributed by atoms with Gasteiger partial charge in [0.2, 0.25) is 0 Å². The van der Waals surface area contributed by atoms with Gasteiger partial charge in [0, 0.05) is 19.0 Å². The van der Waals surface area contributed by atoms with E-state index >= 15 is 0 Å². The number of unbranched alkanes of at least 4 members (excludes halogenated alkanes) is 2. The summed E-state index contributed by atoms with van der Waals surface area (Å²) in [4.78, 5) is 31.9. The summed E-state index contributed by atoms with van der Waals surface area (Å²) in [5.41, 5.74) is -0.101. The van der Waals surface area contributed by atoms with Crippen LogP contribution in [0.1, 0.15) is 25.7 Å². The molecule has 0 aliphatic heterocycles. The fraction of sp³-hybridized carbons (Fsp3) is 0.429. The Balaban J connectivity index is 2.19. The predicted molar refractivity (Wildman–Crippen MR) is 77.7 cm³/mol. The molecule has 120 valence electrons. The van der Waals surface area contributed by atoms with Gasteiger partial charge in [0.25, 0.3) is 11.6 Å². The zero-order valence-corrected chi connectivity index (χ0v) is 12.0. The maximum atomic E-state index is 11.5. The highest BCUT2D eigenvalue weighted by Gasteiger charge is 2.08. The quantitative estimate of drug-likeness (QED) is 0.386. The maximum Gasteiger partial charge on any atom is 0.303 e. The average Bonchev–Trinajstić information content (AvgIpc) is 2.48. The number of carboxylic acid groups (broad SMARTS) is 1. The van der Waals surface area contributed by atoms with Crippen molar-refractivity contribution in [3.63, 3.8) is 0 Å². The van der Waals surface area contributed by atoms with Crippen molar-refractivity contribution in [2.24, 2.45) is 0 Å². The summed E-state index contributed by atoms with van der Waals surface area (Å²) in [7, 11) is 0. The number of non-ortho nitro benzene ring substituents is 1. The number of carbonyl (C=O) groups excluding carboxylic acids is 1. The SMILES string of the molecule is O=C(O)CCCCCNC(=O)COc1cccc([N+](=O)[O-])c1. The Bertz CT molecular complexity index is 532. The number of ether oxygens (including phenoxy) is 1. The minimum absolute atomic E-state index is 0.101. The highest BCUT2D eigenvalue weighted by Crippen LogP contribution is 2.18. The van der Waals surface area contributed by atoms with Gasteiger partial charge >= 0.3 is 5.97 Å². The Labute approximate surface area is 127 Å². The van der Waals surface area contributed by atoms with Crippen molar-refractivity contribution in [1.82, 2.24) is 5.32 Å². The third-order valence-corrected chi connectivity index (χ3v) is 2.79. The molecule has 1 rings (SSSR count). The zero-order valence-electron chi connectivity index (χ0n) is 12.0. The van der Waals surface area contributed by atoms with Crippen LogP contribution in [0, 0.1) is 10.1 Å². The minimum Gasteiger partial charge on any atom is -0.484 e. The van der Waals surface area contributed by atoms with Gasteiger partial charge in [0.05, 0.1) is 11.0 Å². The zero-order chi connectivity index (χ0) is 16.4. The van der Waals surface area contributed by atoms with E-state index in [1.807, 2.05) is 0 Å². The number of nitro benzene ring substituents is 1. The fourth-order valence-electron chi connectivity index (χ4n) is 1.69. The molecule has 0 radical (unpaired) electrons. The summed E-state index contributed by atoms with van der Waals surface area (Å²) in [5.74, 6) is -0.898. The number of hydrogen-bond acceptors (Lipinski definition) is 5. The van der Waals surface area contributed by atoms with Gasteiger partial charge in [0.15, 0.2) is 6.61 Å². The largest absolute Gasteiger partial charge is 0.484 e. The first-order chi connectivity index (χ1) is 10.5. The molecule has 1 aromatic rings. The van der Waals surface area contributed by atoms with Crippen LogP contribution < -0.4 is 10.1 Å². The molecule has 0 saturated heterocycles. The fourth-order valence-corrected chi connectivity index (χ4v) is 1.69. The van der Waals surface area contributed by atoms with E-state index in [2.05, 4.69) is 5.32 Å². The molecule has 2 N–H and O–H groups in total. The van der Waals surface area contributed by atoms with Crippen LogP contribution in [0.2, 0.25) is 0 Å². The third kappa shape index (κ3) is 7.22. The van der Waals surface area contributed by atoms with E-state index in [0.717, 1.165) is 6.42 Å². The molecule has 0 heterocycles. The topological polar surface area (TPSA) is 119 Å². The van der Waals surface area contributed by atoms with E-state index in [-0.39, 0.29) is 30.4 Å². The molecule has 0 aliphatic carbocycles. The van der Waals surface area contributed by atoms with Crippen LogP contribution >= 0.6 is 0 Å². The molecule has 0 unspecified atom stereocenters. The second-order valence-electron chi connectivity index (χ2n) is 4.60. The number of hydrogen-bond donors (Lipinski definition) is 2. The number of nitrogens with zero attached hydrogens (tertiary/aromatic N) is 1. The Morgan fingerprint density at radius 3 is 2.73 bits per heavy atom. The van der Waals surface area contributed by atoms with Gasteiger partial charge in [-0.25, -0.2) is 0 Å². The van der Waals surface area contributed by atoms with E-state index in [1.165, 1.54) is 24.3 Å². The highest BCUT2D eigenvalue weighted by molar-refractivity contribution is 5.77. The Hall–Kier alpha value is -2.64. The summed E-state index contributed by atoms with van der Waals surface area (Å²) in [6.07, 6.45) is 2.12. The smallest absolute Gasteiger partial charge is 0.303 e. The first-order valence-electron chi connectivity index (χ1n) is 6.85. The van der Waals surface area contributed by atoms with Crippen molar-refractivity contribution in [2.75, 3.05) is 13.2 Å². The number of benzene rings is 1. The van der Waals surface area contributed by atoms with Crippen molar-refractivity contribution < 1.29 is 24.4 Å². The summed E-state index contributed by atoms with van der Waals surface area (Å²) < 4.78 is 5.17. The Morgan fingerprint density at radius 2 is 2.05 bits per heavy atom. The summed E-state index contributed by atoms with van der Waals surface area (Å²) >= 11 is 0. The van der Waals surface area contributed by atoms with Gasteiger partial charge < -0.3 is 15.2 Å². The number of carboxylic acids is 1. The van der Waals surface area contributed by atoms with Crippen LogP contribution in [0.4, 0.5) is 5.69 Å². The van der Waals surface area contributed by atoms with Crippen LogP contribution in [-0.4, -0.2) is 35.1 Å². The lowest BCUT2D eigenvalue weighted by Crippen LogP contribution is -2.29. The molecule has 22 heavy (non-hydrogen) atoms. The molecule has 8 heteroatoms. The lowest BCUT2D eigenvalue weighted by atomic mass is 10.2. The maximum absolute atomic E-state index is 11.5. The third-order valence-electron chi connectivity index (χ3n) is 2.79. The number of carbonyl (C=O) groups is 2. The predicted octanol–water partition coefficient (Wildman–Crippen LogP) is 1.73. The van der Waals surface area contributed by atoms with E-state index in [4.69, 9.17) is 9.84 Å². The van der Waals surface area contributed by atoms with E-state index < -0.39 is 10.9 Å². The molecule has 1 aromatic carbocycles. The van der Waals surface area contributed by atoms with E-state index in [0.29, 0.717) is 19.4 Å². The van der Waals surface area contributed by atoms with Crippen molar-refractivity contribution in [2.45, 2.75) is 25.7 Å². The molecule has 8 nitrogen and oxygen atoms in total. The molecule has 0 aliphatic rings. The molecule has 0 fully saturated rings. The number of rotatable bonds is 10. The lowest BCUT2D eigenvalue weighted by Gasteiger charge is -2.07. The number of nitro groups is 1. The van der Waals surface area contributed by atoms with Crippen LogP contribution in [0.25, 0.3) is 0 Å². The highest BCUT2D eigenvalue weighted by atomic mass is 16.6. The monoisotopic (exact) mass is 310 g/mol. The van der Waals surface area contributed by atoms with Crippen molar-refractivity contribution >= 4 is 17.6 Å². The van der Waals surface area contributed by atoms with Gasteiger partial charge in [-0.1, -0.05) is 12.5 Å². The number of nitrogens with one attached hydrogen (secondary N) is 1. The molecular weight excluding hydrogens is 292 g/mol. The second kappa shape index (κ2) is 9.32. The van der Waals surface area contributed by atoms with Gasteiger partial charge in [0.1, 0.15) is 5.75 Å².